The number of rotatable bonds is 14. The van der Waals surface area contributed by atoms with E-state index in [1.807, 2.05) is 67.6 Å². The lowest BCUT2D eigenvalue weighted by Crippen LogP contribution is -2.25. The molecule has 0 fully saturated rings. The minimum absolute atomic E-state index is 0.101. The van der Waals surface area contributed by atoms with Crippen LogP contribution in [0.1, 0.15) is 56.6 Å². The van der Waals surface area contributed by atoms with Gasteiger partial charge >= 0.3 is 0 Å². The van der Waals surface area contributed by atoms with Crippen LogP contribution in [0, 0.1) is 18.3 Å². The molecule has 0 aliphatic rings. The summed E-state index contributed by atoms with van der Waals surface area (Å²) in [7, 11) is -3.35. The molecule has 3 rings (SSSR count). The van der Waals surface area contributed by atoms with Crippen LogP contribution in [0.25, 0.3) is 22.4 Å². The van der Waals surface area contributed by atoms with Gasteiger partial charge < -0.3 is 5.11 Å². The molecule has 0 aliphatic carbocycles. The number of thioether (sulfide) groups is 1. The highest BCUT2D eigenvalue weighted by Crippen LogP contribution is 2.34. The van der Waals surface area contributed by atoms with Crippen molar-refractivity contribution in [2.45, 2.75) is 63.5 Å². The molecule has 2 aromatic carbocycles. The molecule has 0 radical (unpaired) electrons. The molecule has 5 nitrogen and oxygen atoms in total. The Balaban J connectivity index is 1.76. The summed E-state index contributed by atoms with van der Waals surface area (Å²) >= 11 is 1.23. The Hall–Kier alpha value is -2.66. The molecule has 0 spiro atoms. The van der Waals surface area contributed by atoms with E-state index in [1.54, 1.807) is 0 Å². The summed E-state index contributed by atoms with van der Waals surface area (Å²) in [5.74, 6) is -0.0351. The third kappa shape index (κ3) is 8.99. The van der Waals surface area contributed by atoms with E-state index in [1.165, 1.54) is 18.2 Å². The molecule has 0 amide bonds. The summed E-state index contributed by atoms with van der Waals surface area (Å²) in [6.45, 7) is 4.18. The van der Waals surface area contributed by atoms with E-state index in [-0.39, 0.29) is 17.3 Å². The summed E-state index contributed by atoms with van der Waals surface area (Å²) in [4.78, 5) is 4.76. The molecular weight excluding hydrogens is 500 g/mol. The fourth-order valence-electron chi connectivity index (χ4n) is 4.15. The van der Waals surface area contributed by atoms with E-state index in [4.69, 9.17) is 4.98 Å². The molecule has 1 N–H and O–H groups in total. The molecule has 3 aromatic rings. The average Bonchev–Trinajstić information content (AvgIpc) is 2.89. The van der Waals surface area contributed by atoms with Gasteiger partial charge in [0.05, 0.1) is 28.9 Å². The van der Waals surface area contributed by atoms with E-state index in [9.17, 15) is 18.8 Å². The number of pyridine rings is 1. The van der Waals surface area contributed by atoms with Crippen molar-refractivity contribution < 1.29 is 13.5 Å². The zero-order valence-electron chi connectivity index (χ0n) is 21.7. The quantitative estimate of drug-likeness (QED) is 0.179. The van der Waals surface area contributed by atoms with Gasteiger partial charge in [-0.2, -0.15) is 5.26 Å². The summed E-state index contributed by atoms with van der Waals surface area (Å²) in [5.41, 5.74) is 4.89. The highest BCUT2D eigenvalue weighted by molar-refractivity contribution is 7.99. The van der Waals surface area contributed by atoms with Gasteiger partial charge in [-0.25, -0.2) is 13.4 Å². The highest BCUT2D eigenvalue weighted by Gasteiger charge is 2.20. The zero-order valence-corrected chi connectivity index (χ0v) is 23.3. The van der Waals surface area contributed by atoms with Gasteiger partial charge in [0.2, 0.25) is 0 Å². The molecule has 37 heavy (non-hydrogen) atoms. The van der Waals surface area contributed by atoms with Crippen molar-refractivity contribution in [3.63, 3.8) is 0 Å². The number of aliphatic hydroxyl groups is 1. The Labute approximate surface area is 225 Å². The van der Waals surface area contributed by atoms with Crippen molar-refractivity contribution >= 4 is 21.6 Å². The van der Waals surface area contributed by atoms with E-state index >= 15 is 0 Å². The van der Waals surface area contributed by atoms with Crippen LogP contribution in [0.4, 0.5) is 0 Å². The second-order valence-electron chi connectivity index (χ2n) is 9.43. The molecule has 1 unspecified atom stereocenters. The van der Waals surface area contributed by atoms with Crippen LogP contribution in [0.2, 0.25) is 0 Å². The van der Waals surface area contributed by atoms with E-state index < -0.39 is 15.9 Å². The normalized spacial score (nSPS) is 12.3. The maximum absolute atomic E-state index is 12.5. The monoisotopic (exact) mass is 536 g/mol. The predicted octanol–water partition coefficient (Wildman–Crippen LogP) is 6.82. The van der Waals surface area contributed by atoms with Crippen LogP contribution in [0.15, 0.2) is 65.7 Å². The first-order chi connectivity index (χ1) is 17.8. The number of nitriles is 1. The van der Waals surface area contributed by atoms with Crippen LogP contribution >= 0.6 is 11.8 Å². The molecule has 0 aliphatic heterocycles. The first-order valence-corrected chi connectivity index (χ1v) is 15.7. The number of unbranched alkanes of at least 4 members (excludes halogenated alkanes) is 5. The van der Waals surface area contributed by atoms with Crippen molar-refractivity contribution in [1.82, 2.24) is 4.98 Å². The van der Waals surface area contributed by atoms with Crippen LogP contribution in [-0.4, -0.2) is 41.9 Å². The molecule has 0 saturated carbocycles. The minimum Gasteiger partial charge on any atom is -0.391 e. The number of aryl methyl sites for hydroxylation is 1. The highest BCUT2D eigenvalue weighted by atomic mass is 32.2. The third-order valence-corrected chi connectivity index (χ3v) is 9.12. The van der Waals surface area contributed by atoms with Crippen molar-refractivity contribution in [3.05, 3.63) is 71.8 Å². The summed E-state index contributed by atoms with van der Waals surface area (Å²) in [5, 5.41) is 21.1. The molecule has 196 valence electrons. The van der Waals surface area contributed by atoms with Crippen LogP contribution in [0.3, 0.4) is 0 Å². The Bertz CT molecular complexity index is 1280. The van der Waals surface area contributed by atoms with Gasteiger partial charge in [0, 0.05) is 16.9 Å². The maximum atomic E-state index is 12.5. The van der Waals surface area contributed by atoms with Gasteiger partial charge in [-0.1, -0.05) is 99.2 Å². The second kappa shape index (κ2) is 14.3. The molecule has 7 heteroatoms. The van der Waals surface area contributed by atoms with Gasteiger partial charge in [-0.05, 0) is 25.0 Å². The van der Waals surface area contributed by atoms with Gasteiger partial charge in [-0.3, -0.25) is 0 Å². The van der Waals surface area contributed by atoms with Gasteiger partial charge in [0.1, 0.15) is 11.1 Å². The Morgan fingerprint density at radius 3 is 2.32 bits per heavy atom. The fraction of sp³-hybridized carbons (Fsp3) is 0.400. The molecular formula is C30H36N2O3S2. The van der Waals surface area contributed by atoms with Crippen LogP contribution in [-0.2, 0) is 9.84 Å². The Morgan fingerprint density at radius 2 is 1.65 bits per heavy atom. The summed E-state index contributed by atoms with van der Waals surface area (Å²) in [6, 6.07) is 21.9. The zero-order chi connectivity index (χ0) is 26.7. The number of aromatic nitrogens is 1. The number of hydrogen-bond acceptors (Lipinski definition) is 6. The number of hydrogen-bond donors (Lipinski definition) is 1. The predicted molar refractivity (Wildman–Crippen MR) is 153 cm³/mol. The number of aliphatic hydroxyl groups excluding tert-OH is 1. The van der Waals surface area contributed by atoms with Crippen molar-refractivity contribution in [2.75, 3.05) is 17.3 Å². The SMILES string of the molecule is CCCCCCCCS(=O)(=O)CC(O)CSc1nc(-c2ccc(C)cc2)cc(-c2ccccc2)c1C#N. The van der Waals surface area contributed by atoms with Gasteiger partial charge in [-0.15, -0.1) is 11.8 Å². The van der Waals surface area contributed by atoms with Crippen LogP contribution in [0.5, 0.6) is 0 Å². The first-order valence-electron chi connectivity index (χ1n) is 12.9. The lowest BCUT2D eigenvalue weighted by atomic mass is 9.99. The minimum atomic E-state index is -3.35. The van der Waals surface area contributed by atoms with Gasteiger partial charge in [0.15, 0.2) is 9.84 Å². The number of sulfone groups is 1. The topological polar surface area (TPSA) is 91.1 Å². The summed E-state index contributed by atoms with van der Waals surface area (Å²) in [6.07, 6.45) is 5.01. The smallest absolute Gasteiger partial charge is 0.152 e. The van der Waals surface area contributed by atoms with E-state index in [0.29, 0.717) is 17.0 Å². The summed E-state index contributed by atoms with van der Waals surface area (Å²) < 4.78 is 25.1. The van der Waals surface area contributed by atoms with Crippen molar-refractivity contribution in [2.24, 2.45) is 0 Å². The number of nitrogens with zero attached hydrogens (tertiary/aromatic N) is 2. The Morgan fingerprint density at radius 1 is 0.973 bits per heavy atom. The molecule has 1 heterocycles. The van der Waals surface area contributed by atoms with Crippen molar-refractivity contribution in [3.8, 4) is 28.5 Å². The first kappa shape index (κ1) is 28.9. The number of benzene rings is 2. The lowest BCUT2D eigenvalue weighted by molar-refractivity contribution is 0.222. The molecule has 1 atom stereocenters. The molecule has 0 bridgehead atoms. The average molecular weight is 537 g/mol. The second-order valence-corrected chi connectivity index (χ2v) is 12.7. The van der Waals surface area contributed by atoms with E-state index in [2.05, 4.69) is 13.0 Å². The molecule has 0 saturated heterocycles. The fourth-order valence-corrected chi connectivity index (χ4v) is 6.75. The lowest BCUT2D eigenvalue weighted by Gasteiger charge is -2.15. The van der Waals surface area contributed by atoms with Crippen LogP contribution < -0.4 is 0 Å². The van der Waals surface area contributed by atoms with E-state index in [0.717, 1.165) is 53.6 Å². The third-order valence-electron chi connectivity index (χ3n) is 6.20. The van der Waals surface area contributed by atoms with Gasteiger partial charge in [0.25, 0.3) is 0 Å². The molecule has 1 aromatic heterocycles. The largest absolute Gasteiger partial charge is 0.391 e. The standard InChI is InChI=1S/C30H36N2O3S2/c1-3-4-5-6-7-11-18-37(34,35)22-26(33)21-36-30-28(20-31)27(24-12-9-8-10-13-24)19-29(32-30)25-16-14-23(2)15-17-25/h8-10,12-17,19,26,33H,3-7,11,18,21-22H2,1-2H3. The Kier molecular flexibility index (Phi) is 11.2. The maximum Gasteiger partial charge on any atom is 0.152 e. The van der Waals surface area contributed by atoms with Crippen molar-refractivity contribution in [1.29, 1.82) is 5.26 Å².